The molecule has 0 radical (unpaired) electrons. The molecule has 0 saturated carbocycles. The van der Waals surface area contributed by atoms with Gasteiger partial charge in [-0.1, -0.05) is 24.3 Å². The van der Waals surface area contributed by atoms with Crippen LogP contribution in [0.15, 0.2) is 93.8 Å². The second-order valence-corrected chi connectivity index (χ2v) is 10.9. The molecule has 0 atom stereocenters. The lowest BCUT2D eigenvalue weighted by Crippen LogP contribution is -2.26. The maximum absolute atomic E-state index is 12.0. The van der Waals surface area contributed by atoms with Crippen molar-refractivity contribution in [3.8, 4) is 0 Å². The summed E-state index contributed by atoms with van der Waals surface area (Å²) in [5.41, 5.74) is 6.50. The fourth-order valence-corrected chi connectivity index (χ4v) is 5.21. The van der Waals surface area contributed by atoms with Crippen LogP contribution >= 0.6 is 0 Å². The van der Waals surface area contributed by atoms with Gasteiger partial charge in [-0.25, -0.2) is 14.8 Å². The van der Waals surface area contributed by atoms with Crippen molar-refractivity contribution in [1.29, 1.82) is 0 Å². The van der Waals surface area contributed by atoms with E-state index in [0.717, 1.165) is 22.1 Å². The number of aromatic nitrogens is 6. The summed E-state index contributed by atoms with van der Waals surface area (Å²) >= 11 is 0. The summed E-state index contributed by atoms with van der Waals surface area (Å²) in [5.74, 6) is -0.153. The van der Waals surface area contributed by atoms with Crippen molar-refractivity contribution in [2.75, 3.05) is 23.8 Å². The molecule has 4 aromatic carbocycles. The molecule has 0 aliphatic rings. The van der Waals surface area contributed by atoms with Gasteiger partial charge in [-0.2, -0.15) is 9.97 Å². The summed E-state index contributed by atoms with van der Waals surface area (Å²) in [6, 6.07) is 25.7. The van der Waals surface area contributed by atoms with Gasteiger partial charge < -0.3 is 33.5 Å². The first-order chi connectivity index (χ1) is 23.8. The van der Waals surface area contributed by atoms with Crippen LogP contribution in [0.5, 0.6) is 0 Å². The molecule has 0 aliphatic carbocycles. The molecule has 0 spiro atoms. The first kappa shape index (κ1) is 30.9. The normalized spacial score (nSPS) is 11.2. The van der Waals surface area contributed by atoms with E-state index < -0.39 is 5.97 Å². The van der Waals surface area contributed by atoms with Crippen molar-refractivity contribution < 1.29 is 28.6 Å². The number of para-hydroxylation sites is 4. The molecule has 15 heteroatoms. The van der Waals surface area contributed by atoms with Crippen molar-refractivity contribution >= 4 is 80.1 Å². The maximum Gasteiger partial charge on any atom is 0.335 e. The number of carbonyl (C=O) groups is 2. The van der Waals surface area contributed by atoms with Crippen LogP contribution in [0.4, 0.5) is 23.9 Å². The molecule has 0 aliphatic heterocycles. The molecule has 1 amide bonds. The molecule has 4 heterocycles. The number of amides is 1. The van der Waals surface area contributed by atoms with Crippen molar-refractivity contribution in [3.63, 3.8) is 0 Å². The Balaban J connectivity index is 0.000000155. The lowest BCUT2D eigenvalue weighted by atomic mass is 10.2. The van der Waals surface area contributed by atoms with E-state index in [-0.39, 0.29) is 24.6 Å². The predicted molar refractivity (Wildman–Crippen MR) is 182 cm³/mol. The smallest absolute Gasteiger partial charge is 0.335 e. The number of hydrogen-bond donors (Lipinski definition) is 5. The average molecular weight is 660 g/mol. The number of rotatable bonds is 8. The van der Waals surface area contributed by atoms with Gasteiger partial charge in [0.15, 0.2) is 11.2 Å². The number of aryl methyl sites for hydroxylation is 2. The number of carbonyl (C=O) groups excluding carboxylic acids is 1. The van der Waals surface area contributed by atoms with Crippen LogP contribution in [0, 0.1) is 0 Å². The van der Waals surface area contributed by atoms with Crippen LogP contribution in [0.3, 0.4) is 0 Å². The van der Waals surface area contributed by atoms with E-state index in [1.54, 1.807) is 24.3 Å². The Morgan fingerprint density at radius 1 is 0.673 bits per heavy atom. The molecule has 0 unspecified atom stereocenters. The highest BCUT2D eigenvalue weighted by atomic mass is 16.4. The van der Waals surface area contributed by atoms with Gasteiger partial charge in [0.05, 0.1) is 34.2 Å². The van der Waals surface area contributed by atoms with Gasteiger partial charge in [0.2, 0.25) is 11.9 Å². The molecule has 5 N–H and O–H groups in total. The van der Waals surface area contributed by atoms with Crippen molar-refractivity contribution in [3.05, 3.63) is 96.1 Å². The van der Waals surface area contributed by atoms with E-state index in [1.807, 2.05) is 77.8 Å². The van der Waals surface area contributed by atoms with Gasteiger partial charge in [-0.05, 0) is 60.7 Å². The Bertz CT molecular complexity index is 2430. The van der Waals surface area contributed by atoms with Crippen molar-refractivity contribution in [2.45, 2.75) is 0 Å². The third kappa shape index (κ3) is 6.20. The minimum Gasteiger partial charge on any atom is -0.478 e. The standard InChI is InChI=1S/C18H17N5O3.C16H12N4O3/c1-23-14-7-6-11(16(25)19-8-9-24)10-13(14)20-17(23)22-18-21-12-4-2-3-5-15(12)26-18;1-20-12-7-6-9(14(21)22)8-11(12)17-15(20)19-16-18-10-4-2-3-5-13(10)23-16/h2-7,10,24H,8-9H2,1H3,(H,19,25)(H,20,21,22);2-8H,1H3,(H,21,22)(H,17,18,19). The van der Waals surface area contributed by atoms with Crippen LogP contribution in [0.1, 0.15) is 20.7 Å². The number of aliphatic hydroxyl groups is 1. The molecular formula is C34H29N9O6. The van der Waals surface area contributed by atoms with Crippen LogP contribution in [0.2, 0.25) is 0 Å². The summed E-state index contributed by atoms with van der Waals surface area (Å²) in [7, 11) is 3.70. The number of oxazole rings is 2. The fourth-order valence-electron chi connectivity index (χ4n) is 5.21. The lowest BCUT2D eigenvalue weighted by molar-refractivity contribution is 0.0696. The SMILES string of the molecule is Cn1c(Nc2nc3ccccc3o2)nc2cc(C(=O)NCCO)ccc21.Cn1c(Nc2nc3ccccc3o2)nc2cc(C(=O)O)ccc21. The molecule has 8 rings (SSSR count). The van der Waals surface area contributed by atoms with E-state index in [2.05, 4.69) is 35.9 Å². The number of fused-ring (bicyclic) bond motifs is 4. The Morgan fingerprint density at radius 2 is 1.16 bits per heavy atom. The topological polar surface area (TPSA) is 198 Å². The first-order valence-corrected chi connectivity index (χ1v) is 15.1. The zero-order chi connectivity index (χ0) is 34.1. The van der Waals surface area contributed by atoms with Crippen LogP contribution in [0.25, 0.3) is 44.3 Å². The zero-order valence-corrected chi connectivity index (χ0v) is 26.2. The van der Waals surface area contributed by atoms with Gasteiger partial charge in [-0.15, -0.1) is 0 Å². The molecule has 0 saturated heterocycles. The molecule has 246 valence electrons. The first-order valence-electron chi connectivity index (χ1n) is 15.1. The maximum atomic E-state index is 12.0. The van der Waals surface area contributed by atoms with Crippen molar-refractivity contribution in [1.82, 2.24) is 34.4 Å². The lowest BCUT2D eigenvalue weighted by Gasteiger charge is -2.03. The number of nitrogens with one attached hydrogen (secondary N) is 3. The number of anilines is 4. The summed E-state index contributed by atoms with van der Waals surface area (Å²) in [5, 5.41) is 26.6. The highest BCUT2D eigenvalue weighted by Gasteiger charge is 2.15. The fraction of sp³-hybridized carbons (Fsp3) is 0.118. The molecule has 49 heavy (non-hydrogen) atoms. The summed E-state index contributed by atoms with van der Waals surface area (Å²) in [6.07, 6.45) is 0. The average Bonchev–Trinajstić information content (AvgIpc) is 3.87. The number of imidazole rings is 2. The van der Waals surface area contributed by atoms with E-state index in [1.165, 1.54) is 6.07 Å². The van der Waals surface area contributed by atoms with E-state index >= 15 is 0 Å². The quantitative estimate of drug-likeness (QED) is 0.141. The van der Waals surface area contributed by atoms with Gasteiger partial charge in [0.25, 0.3) is 5.91 Å². The third-order valence-corrected chi connectivity index (χ3v) is 7.69. The number of carboxylic acids is 1. The van der Waals surface area contributed by atoms with Crippen molar-refractivity contribution in [2.24, 2.45) is 14.1 Å². The van der Waals surface area contributed by atoms with E-state index in [9.17, 15) is 9.59 Å². The van der Waals surface area contributed by atoms with Crippen LogP contribution in [-0.2, 0) is 14.1 Å². The molecular weight excluding hydrogens is 630 g/mol. The van der Waals surface area contributed by atoms with Gasteiger partial charge >= 0.3 is 18.0 Å². The summed E-state index contributed by atoms with van der Waals surface area (Å²) in [4.78, 5) is 40.7. The number of aliphatic hydroxyl groups excluding tert-OH is 1. The number of carboxylic acid groups (broad SMARTS) is 1. The Kier molecular flexibility index (Phi) is 8.07. The summed E-state index contributed by atoms with van der Waals surface area (Å²) < 4.78 is 15.0. The number of nitrogens with zero attached hydrogens (tertiary/aromatic N) is 6. The number of benzene rings is 4. The second kappa shape index (κ2) is 12.8. The number of aromatic carboxylic acids is 1. The largest absolute Gasteiger partial charge is 0.478 e. The zero-order valence-electron chi connectivity index (χ0n) is 26.2. The van der Waals surface area contributed by atoms with Gasteiger partial charge in [-0.3, -0.25) is 15.4 Å². The van der Waals surface area contributed by atoms with Gasteiger partial charge in [0.1, 0.15) is 11.0 Å². The molecule has 4 aromatic heterocycles. The van der Waals surface area contributed by atoms with Crippen LogP contribution in [-0.4, -0.2) is 64.3 Å². The Labute approximate surface area is 276 Å². The van der Waals surface area contributed by atoms with E-state index in [0.29, 0.717) is 51.7 Å². The molecule has 0 fully saturated rings. The molecule has 0 bridgehead atoms. The highest BCUT2D eigenvalue weighted by Crippen LogP contribution is 2.26. The molecule has 15 nitrogen and oxygen atoms in total. The summed E-state index contributed by atoms with van der Waals surface area (Å²) in [6.45, 7) is 0.111. The predicted octanol–water partition coefficient (Wildman–Crippen LogP) is 5.34. The monoisotopic (exact) mass is 659 g/mol. The number of hydrogen-bond acceptors (Lipinski definition) is 11. The minimum atomic E-state index is -0.981. The highest BCUT2D eigenvalue weighted by molar-refractivity contribution is 5.98. The second-order valence-electron chi connectivity index (χ2n) is 10.9. The van der Waals surface area contributed by atoms with E-state index in [4.69, 9.17) is 19.0 Å². The Morgan fingerprint density at radius 3 is 1.65 bits per heavy atom. The minimum absolute atomic E-state index is 0.101. The third-order valence-electron chi connectivity index (χ3n) is 7.69. The molecule has 8 aromatic rings. The van der Waals surface area contributed by atoms with Crippen LogP contribution < -0.4 is 16.0 Å². The van der Waals surface area contributed by atoms with Gasteiger partial charge in [0, 0.05) is 26.2 Å². The Hall–Kier alpha value is -6.74.